The zero-order valence-electron chi connectivity index (χ0n) is 13.9. The molecule has 3 aromatic rings. The molecule has 3 N–H and O–H groups in total. The van der Waals surface area contributed by atoms with E-state index >= 15 is 0 Å². The number of benzene rings is 2. The van der Waals surface area contributed by atoms with Crippen LogP contribution in [0.5, 0.6) is 0 Å². The van der Waals surface area contributed by atoms with Crippen LogP contribution in [-0.2, 0) is 9.59 Å². The first-order valence-corrected chi connectivity index (χ1v) is 10.2. The molecule has 5 rings (SSSR count). The predicted octanol–water partition coefficient (Wildman–Crippen LogP) is 3.22. The molecule has 3 heterocycles. The van der Waals surface area contributed by atoms with Gasteiger partial charge in [-0.3, -0.25) is 9.69 Å². The number of aliphatic carboxylic acids is 1. The fourth-order valence-electron chi connectivity index (χ4n) is 3.53. The number of nitrogens with zero attached hydrogens (tertiary/aromatic N) is 1. The highest BCUT2D eigenvalue weighted by Crippen LogP contribution is 2.46. The maximum atomic E-state index is 12.1. The predicted molar refractivity (Wildman–Crippen MR) is 105 cm³/mol. The summed E-state index contributed by atoms with van der Waals surface area (Å²) < 4.78 is 5.91. The minimum Gasteiger partial charge on any atom is -0.477 e. The summed E-state index contributed by atoms with van der Waals surface area (Å²) in [7, 11) is 0. The van der Waals surface area contributed by atoms with E-state index in [1.165, 1.54) is 28.4 Å². The van der Waals surface area contributed by atoms with Crippen LogP contribution in [0.1, 0.15) is 0 Å². The third-order valence-corrected chi connectivity index (χ3v) is 7.40. The zero-order valence-corrected chi connectivity index (χ0v) is 15.5. The molecule has 2 aliphatic heterocycles. The number of amides is 1. The van der Waals surface area contributed by atoms with E-state index in [0.29, 0.717) is 10.7 Å². The van der Waals surface area contributed by atoms with Crippen LogP contribution in [0.15, 0.2) is 62.4 Å². The molecule has 0 saturated carbocycles. The Morgan fingerprint density at radius 3 is 2.81 bits per heavy atom. The molecule has 0 bridgehead atoms. The Kier molecular flexibility index (Phi) is 3.75. The molecule has 1 aromatic heterocycles. The van der Waals surface area contributed by atoms with Crippen LogP contribution in [0.25, 0.3) is 21.9 Å². The van der Waals surface area contributed by atoms with Crippen LogP contribution in [0.3, 0.4) is 0 Å². The number of para-hydroxylation sites is 1. The molecule has 0 unspecified atom stereocenters. The number of carbonyl (C=O) groups excluding carboxylic acids is 1. The second-order valence-electron chi connectivity index (χ2n) is 6.34. The largest absolute Gasteiger partial charge is 0.477 e. The lowest BCUT2D eigenvalue weighted by Gasteiger charge is -2.47. The lowest BCUT2D eigenvalue weighted by atomic mass is 10.1. The molecule has 27 heavy (non-hydrogen) atoms. The van der Waals surface area contributed by atoms with Gasteiger partial charge in [-0.05, 0) is 18.2 Å². The highest BCUT2D eigenvalue weighted by Gasteiger charge is 2.51. The van der Waals surface area contributed by atoms with Crippen LogP contribution in [-0.4, -0.2) is 39.1 Å². The number of thioether (sulfide) groups is 2. The van der Waals surface area contributed by atoms with Crippen LogP contribution >= 0.6 is 23.5 Å². The first-order valence-electron chi connectivity index (χ1n) is 8.31. The maximum Gasteiger partial charge on any atom is 0.353 e. The molecule has 2 atom stereocenters. The molecule has 2 aliphatic rings. The van der Waals surface area contributed by atoms with E-state index in [2.05, 4.69) is 0 Å². The summed E-state index contributed by atoms with van der Waals surface area (Å²) in [5, 5.41) is 11.4. The van der Waals surface area contributed by atoms with E-state index in [1.807, 2.05) is 42.5 Å². The minimum atomic E-state index is -1.10. The first kappa shape index (κ1) is 16.7. The van der Waals surface area contributed by atoms with Crippen molar-refractivity contribution in [2.45, 2.75) is 16.3 Å². The summed E-state index contributed by atoms with van der Waals surface area (Å²) in [5.41, 5.74) is 7.39. The van der Waals surface area contributed by atoms with Crippen molar-refractivity contribution in [1.29, 1.82) is 0 Å². The van der Waals surface area contributed by atoms with Gasteiger partial charge in [-0.15, -0.1) is 11.8 Å². The second kappa shape index (κ2) is 6.05. The molecule has 136 valence electrons. The molecule has 0 radical (unpaired) electrons. The summed E-state index contributed by atoms with van der Waals surface area (Å²) in [6, 6.07) is 12.9. The van der Waals surface area contributed by atoms with Gasteiger partial charge in [-0.25, -0.2) is 4.79 Å². The van der Waals surface area contributed by atoms with Crippen molar-refractivity contribution in [3.05, 3.63) is 53.1 Å². The second-order valence-corrected chi connectivity index (χ2v) is 8.58. The number of fused-ring (bicyclic) bond motifs is 4. The SMILES string of the molecule is N[C@@H]1C(=O)N2C(C(=O)O)=C(Sc3cccc4oc5ccccc5c34)CS[C@H]12. The molecule has 0 aliphatic carbocycles. The number of β-lactam (4-membered cyclic amide) rings is 1. The number of carboxylic acids is 1. The van der Waals surface area contributed by atoms with Gasteiger partial charge in [-0.1, -0.05) is 36.0 Å². The third-order valence-electron chi connectivity index (χ3n) is 4.77. The van der Waals surface area contributed by atoms with Crippen molar-refractivity contribution in [2.75, 3.05) is 5.75 Å². The Hall–Kier alpha value is -2.42. The lowest BCUT2D eigenvalue weighted by molar-refractivity contribution is -0.147. The Morgan fingerprint density at radius 1 is 1.22 bits per heavy atom. The number of rotatable bonds is 3. The van der Waals surface area contributed by atoms with Crippen molar-refractivity contribution in [1.82, 2.24) is 4.90 Å². The molecule has 6 nitrogen and oxygen atoms in total. The molecule has 1 saturated heterocycles. The van der Waals surface area contributed by atoms with Gasteiger partial charge >= 0.3 is 5.97 Å². The van der Waals surface area contributed by atoms with Crippen molar-refractivity contribution in [2.24, 2.45) is 5.73 Å². The smallest absolute Gasteiger partial charge is 0.353 e. The van der Waals surface area contributed by atoms with Crippen LogP contribution in [0.4, 0.5) is 0 Å². The summed E-state index contributed by atoms with van der Waals surface area (Å²) in [5.74, 6) is -0.942. The van der Waals surface area contributed by atoms with E-state index in [0.717, 1.165) is 26.8 Å². The molecule has 8 heteroatoms. The summed E-state index contributed by atoms with van der Waals surface area (Å²) >= 11 is 2.88. The molecular weight excluding hydrogens is 384 g/mol. The van der Waals surface area contributed by atoms with Crippen LogP contribution in [0.2, 0.25) is 0 Å². The van der Waals surface area contributed by atoms with Gasteiger partial charge in [-0.2, -0.15) is 0 Å². The fraction of sp³-hybridized carbons (Fsp3) is 0.158. The minimum absolute atomic E-state index is 0.0419. The molecule has 1 fully saturated rings. The van der Waals surface area contributed by atoms with E-state index in [9.17, 15) is 14.7 Å². The van der Waals surface area contributed by atoms with Gasteiger partial charge < -0.3 is 15.3 Å². The topological polar surface area (TPSA) is 96.8 Å². The Bertz CT molecular complexity index is 1150. The van der Waals surface area contributed by atoms with E-state index in [1.54, 1.807) is 0 Å². The Labute approximate surface area is 162 Å². The van der Waals surface area contributed by atoms with Crippen molar-refractivity contribution in [3.63, 3.8) is 0 Å². The fourth-order valence-corrected chi connectivity index (χ4v) is 6.11. The van der Waals surface area contributed by atoms with Crippen molar-refractivity contribution >= 4 is 57.3 Å². The highest BCUT2D eigenvalue weighted by molar-refractivity contribution is 8.06. The number of hydrogen-bond acceptors (Lipinski definition) is 6. The Morgan fingerprint density at radius 2 is 2.00 bits per heavy atom. The van der Waals surface area contributed by atoms with Crippen molar-refractivity contribution < 1.29 is 19.1 Å². The third kappa shape index (κ3) is 2.40. The normalized spacial score (nSPS) is 22.3. The van der Waals surface area contributed by atoms with E-state index in [4.69, 9.17) is 10.2 Å². The van der Waals surface area contributed by atoms with E-state index in [-0.39, 0.29) is 17.0 Å². The molecule has 2 aromatic carbocycles. The number of carboxylic acid groups (broad SMARTS) is 1. The zero-order chi connectivity index (χ0) is 18.7. The monoisotopic (exact) mass is 398 g/mol. The number of hydrogen-bond donors (Lipinski definition) is 2. The van der Waals surface area contributed by atoms with Gasteiger partial charge in [0.2, 0.25) is 5.91 Å². The van der Waals surface area contributed by atoms with Gasteiger partial charge in [0.25, 0.3) is 0 Å². The molecule has 1 amide bonds. The lowest BCUT2D eigenvalue weighted by Crippen LogP contribution is -2.68. The summed E-state index contributed by atoms with van der Waals surface area (Å²) in [6.07, 6.45) is 0. The van der Waals surface area contributed by atoms with Gasteiger partial charge in [0.1, 0.15) is 28.3 Å². The van der Waals surface area contributed by atoms with Crippen LogP contribution < -0.4 is 5.73 Å². The first-order chi connectivity index (χ1) is 13.1. The standard InChI is InChI=1S/C19H14N2O4S2/c20-15-17(22)21-16(19(23)24)13(8-26-18(15)21)27-12-7-3-6-11-14(12)9-4-1-2-5-10(9)25-11/h1-7,15,18H,8,20H2,(H,23,24)/t15-,18-/m1/s1. The van der Waals surface area contributed by atoms with Crippen LogP contribution in [0, 0.1) is 0 Å². The Balaban J connectivity index is 1.64. The number of furan rings is 1. The summed E-state index contributed by atoms with van der Waals surface area (Å²) in [4.78, 5) is 26.9. The van der Waals surface area contributed by atoms with E-state index < -0.39 is 12.0 Å². The average Bonchev–Trinajstić information content (AvgIpc) is 3.06. The quantitative estimate of drug-likeness (QED) is 0.654. The summed E-state index contributed by atoms with van der Waals surface area (Å²) in [6.45, 7) is 0. The van der Waals surface area contributed by atoms with Gasteiger partial charge in [0, 0.05) is 26.3 Å². The number of nitrogens with two attached hydrogens (primary N) is 1. The van der Waals surface area contributed by atoms with Gasteiger partial charge in [0.05, 0.1) is 0 Å². The number of carbonyl (C=O) groups is 2. The molecule has 0 spiro atoms. The maximum absolute atomic E-state index is 12.1. The van der Waals surface area contributed by atoms with Gasteiger partial charge in [0.15, 0.2) is 0 Å². The van der Waals surface area contributed by atoms with Crippen molar-refractivity contribution in [3.8, 4) is 0 Å². The highest BCUT2D eigenvalue weighted by atomic mass is 32.2. The average molecular weight is 398 g/mol. The molecular formula is C19H14N2O4S2.